The number of hydrogen-bond acceptors (Lipinski definition) is 7. The molecule has 0 amide bonds. The molecule has 0 atom stereocenters. The fraction of sp³-hybridized carbons (Fsp3) is 0.300. The van der Waals surface area contributed by atoms with Crippen molar-refractivity contribution in [1.82, 2.24) is 4.31 Å². The summed E-state index contributed by atoms with van der Waals surface area (Å²) in [6.07, 6.45) is 0. The average Bonchev–Trinajstić information content (AvgIpc) is 2.77. The highest BCUT2D eigenvalue weighted by molar-refractivity contribution is 7.89. The maximum Gasteiger partial charge on any atom is 0.338 e. The van der Waals surface area contributed by atoms with Crippen molar-refractivity contribution >= 4 is 22.0 Å². The Labute approximate surface area is 169 Å². The molecule has 0 saturated carbocycles. The van der Waals surface area contributed by atoms with Gasteiger partial charge in [0.15, 0.2) is 0 Å². The van der Waals surface area contributed by atoms with E-state index >= 15 is 0 Å². The molecule has 2 aromatic carbocycles. The largest absolute Gasteiger partial charge is 0.458 e. The van der Waals surface area contributed by atoms with Crippen LogP contribution in [-0.4, -0.2) is 64.2 Å². The molecule has 0 spiro atoms. The molecule has 29 heavy (non-hydrogen) atoms. The molecular formula is C20H21NO7S. The molecule has 9 heteroatoms. The summed E-state index contributed by atoms with van der Waals surface area (Å²) in [6, 6.07) is 14.0. The van der Waals surface area contributed by atoms with Crippen LogP contribution >= 0.6 is 0 Å². The maximum atomic E-state index is 12.6. The SMILES string of the molecule is O=C(OCCOC(=O)c1ccc(S(=O)(=O)N2CCOCC2)cc1)c1ccccc1. The Kier molecular flexibility index (Phi) is 6.97. The zero-order valence-electron chi connectivity index (χ0n) is 15.7. The summed E-state index contributed by atoms with van der Waals surface area (Å²) < 4.78 is 41.8. The molecule has 1 aliphatic heterocycles. The van der Waals surface area contributed by atoms with Crippen molar-refractivity contribution in [3.63, 3.8) is 0 Å². The number of morpholine rings is 1. The van der Waals surface area contributed by atoms with Crippen LogP contribution in [0.4, 0.5) is 0 Å². The highest BCUT2D eigenvalue weighted by Crippen LogP contribution is 2.18. The Morgan fingerprint density at radius 2 is 1.34 bits per heavy atom. The minimum Gasteiger partial charge on any atom is -0.458 e. The van der Waals surface area contributed by atoms with Gasteiger partial charge in [0.05, 0.1) is 29.2 Å². The number of nitrogens with zero attached hydrogens (tertiary/aromatic N) is 1. The molecule has 1 fully saturated rings. The van der Waals surface area contributed by atoms with Gasteiger partial charge in [0.2, 0.25) is 10.0 Å². The lowest BCUT2D eigenvalue weighted by molar-refractivity contribution is 0.0265. The summed E-state index contributed by atoms with van der Waals surface area (Å²) in [5, 5.41) is 0. The third-order valence-corrected chi connectivity index (χ3v) is 6.17. The van der Waals surface area contributed by atoms with E-state index in [0.717, 1.165) is 0 Å². The Balaban J connectivity index is 1.49. The average molecular weight is 419 g/mol. The number of hydrogen-bond donors (Lipinski definition) is 0. The van der Waals surface area contributed by atoms with Crippen LogP contribution in [0.25, 0.3) is 0 Å². The quantitative estimate of drug-likeness (QED) is 0.498. The van der Waals surface area contributed by atoms with E-state index in [-0.39, 0.29) is 23.7 Å². The number of carbonyl (C=O) groups is 2. The van der Waals surface area contributed by atoms with E-state index in [2.05, 4.69) is 0 Å². The van der Waals surface area contributed by atoms with Crippen LogP contribution in [-0.2, 0) is 24.2 Å². The van der Waals surface area contributed by atoms with Crippen molar-refractivity contribution in [2.45, 2.75) is 4.90 Å². The van der Waals surface area contributed by atoms with Gasteiger partial charge in [-0.25, -0.2) is 18.0 Å². The van der Waals surface area contributed by atoms with E-state index < -0.39 is 22.0 Å². The summed E-state index contributed by atoms with van der Waals surface area (Å²) >= 11 is 0. The molecule has 1 saturated heterocycles. The first-order valence-corrected chi connectivity index (χ1v) is 10.5. The number of rotatable bonds is 7. The fourth-order valence-electron chi connectivity index (χ4n) is 2.71. The number of carbonyl (C=O) groups excluding carboxylic acids is 2. The zero-order chi connectivity index (χ0) is 20.7. The predicted octanol–water partition coefficient (Wildman–Crippen LogP) is 1.72. The van der Waals surface area contributed by atoms with Crippen LogP contribution in [0.3, 0.4) is 0 Å². The second-order valence-corrected chi connectivity index (χ2v) is 8.12. The number of benzene rings is 2. The van der Waals surface area contributed by atoms with Crippen molar-refractivity contribution in [2.24, 2.45) is 0 Å². The third-order valence-electron chi connectivity index (χ3n) is 4.26. The van der Waals surface area contributed by atoms with Gasteiger partial charge >= 0.3 is 11.9 Å². The number of ether oxygens (including phenoxy) is 3. The van der Waals surface area contributed by atoms with E-state index in [4.69, 9.17) is 14.2 Å². The van der Waals surface area contributed by atoms with Crippen LogP contribution < -0.4 is 0 Å². The first kappa shape index (κ1) is 21.0. The third kappa shape index (κ3) is 5.41. The van der Waals surface area contributed by atoms with E-state index in [0.29, 0.717) is 31.9 Å². The molecule has 154 valence electrons. The first-order valence-electron chi connectivity index (χ1n) is 9.06. The first-order chi connectivity index (χ1) is 14.0. The van der Waals surface area contributed by atoms with Crippen LogP contribution in [0.1, 0.15) is 20.7 Å². The standard InChI is InChI=1S/C20H21NO7S/c22-19(16-4-2-1-3-5-16)27-14-15-28-20(23)17-6-8-18(9-7-17)29(24,25)21-10-12-26-13-11-21/h1-9H,10-15H2. The molecule has 0 aromatic heterocycles. The maximum absolute atomic E-state index is 12.6. The van der Waals surface area contributed by atoms with Crippen LogP contribution in [0, 0.1) is 0 Å². The van der Waals surface area contributed by atoms with Gasteiger partial charge in [0, 0.05) is 13.1 Å². The summed E-state index contributed by atoms with van der Waals surface area (Å²) in [6.45, 7) is 1.13. The fourth-order valence-corrected chi connectivity index (χ4v) is 4.12. The van der Waals surface area contributed by atoms with Crippen molar-refractivity contribution in [3.05, 3.63) is 65.7 Å². The molecule has 2 aromatic rings. The molecule has 0 unspecified atom stereocenters. The predicted molar refractivity (Wildman–Crippen MR) is 103 cm³/mol. The lowest BCUT2D eigenvalue weighted by atomic mass is 10.2. The van der Waals surface area contributed by atoms with E-state index in [1.165, 1.54) is 28.6 Å². The zero-order valence-corrected chi connectivity index (χ0v) is 16.5. The van der Waals surface area contributed by atoms with E-state index in [1.54, 1.807) is 30.3 Å². The minimum absolute atomic E-state index is 0.0804. The van der Waals surface area contributed by atoms with Gasteiger partial charge in [-0.3, -0.25) is 0 Å². The Morgan fingerprint density at radius 3 is 1.90 bits per heavy atom. The van der Waals surface area contributed by atoms with Gasteiger partial charge in [0.1, 0.15) is 13.2 Å². The highest BCUT2D eigenvalue weighted by atomic mass is 32.2. The Hall–Kier alpha value is -2.75. The molecule has 1 heterocycles. The highest BCUT2D eigenvalue weighted by Gasteiger charge is 2.26. The van der Waals surface area contributed by atoms with Crippen molar-refractivity contribution in [3.8, 4) is 0 Å². The second-order valence-electron chi connectivity index (χ2n) is 6.18. The second kappa shape index (κ2) is 9.64. The molecular weight excluding hydrogens is 398 g/mol. The summed E-state index contributed by atoms with van der Waals surface area (Å²) in [7, 11) is -3.62. The number of esters is 2. The topological polar surface area (TPSA) is 99.2 Å². The molecule has 0 N–H and O–H groups in total. The molecule has 8 nitrogen and oxygen atoms in total. The van der Waals surface area contributed by atoms with Gasteiger partial charge in [-0.1, -0.05) is 18.2 Å². The molecule has 0 aliphatic carbocycles. The monoisotopic (exact) mass is 419 g/mol. The lowest BCUT2D eigenvalue weighted by Crippen LogP contribution is -2.40. The Morgan fingerprint density at radius 1 is 0.828 bits per heavy atom. The van der Waals surface area contributed by atoms with Crippen LogP contribution in [0.2, 0.25) is 0 Å². The number of sulfonamides is 1. The summed E-state index contributed by atoms with van der Waals surface area (Å²) in [4.78, 5) is 24.0. The Bertz CT molecular complexity index is 937. The van der Waals surface area contributed by atoms with Crippen LogP contribution in [0.15, 0.2) is 59.5 Å². The molecule has 0 radical (unpaired) electrons. The van der Waals surface area contributed by atoms with Crippen molar-refractivity contribution in [2.75, 3.05) is 39.5 Å². The smallest absolute Gasteiger partial charge is 0.338 e. The van der Waals surface area contributed by atoms with Crippen molar-refractivity contribution < 1.29 is 32.2 Å². The van der Waals surface area contributed by atoms with Crippen LogP contribution in [0.5, 0.6) is 0 Å². The molecule has 1 aliphatic rings. The van der Waals surface area contributed by atoms with Gasteiger partial charge in [-0.2, -0.15) is 4.31 Å². The summed E-state index contributed by atoms with van der Waals surface area (Å²) in [5.74, 6) is -1.13. The normalized spacial score (nSPS) is 14.9. The van der Waals surface area contributed by atoms with Gasteiger partial charge in [0.25, 0.3) is 0 Å². The molecule has 0 bridgehead atoms. The van der Waals surface area contributed by atoms with E-state index in [9.17, 15) is 18.0 Å². The summed E-state index contributed by atoms with van der Waals surface area (Å²) in [5.41, 5.74) is 0.621. The molecule has 3 rings (SSSR count). The van der Waals surface area contributed by atoms with Gasteiger partial charge in [-0.05, 0) is 36.4 Å². The van der Waals surface area contributed by atoms with Gasteiger partial charge < -0.3 is 14.2 Å². The van der Waals surface area contributed by atoms with E-state index in [1.807, 2.05) is 0 Å². The minimum atomic E-state index is -3.62. The van der Waals surface area contributed by atoms with Gasteiger partial charge in [-0.15, -0.1) is 0 Å². The lowest BCUT2D eigenvalue weighted by Gasteiger charge is -2.26. The van der Waals surface area contributed by atoms with Crippen molar-refractivity contribution in [1.29, 1.82) is 0 Å².